The van der Waals surface area contributed by atoms with Crippen LogP contribution in [0.25, 0.3) is 10.8 Å². The Balaban J connectivity index is 2.11. The van der Waals surface area contributed by atoms with Crippen molar-refractivity contribution >= 4 is 22.5 Å². The molecule has 2 aromatic carbocycles. The van der Waals surface area contributed by atoms with E-state index in [4.69, 9.17) is 0 Å². The summed E-state index contributed by atoms with van der Waals surface area (Å²) in [7, 11) is 1.78. The van der Waals surface area contributed by atoms with Crippen LogP contribution in [0, 0.1) is 0 Å². The first-order chi connectivity index (χ1) is 9.58. The first kappa shape index (κ1) is 14.3. The van der Waals surface area contributed by atoms with Gasteiger partial charge in [-0.1, -0.05) is 42.5 Å². The number of carbonyl (C=O) groups is 2. The van der Waals surface area contributed by atoms with E-state index in [0.29, 0.717) is 13.0 Å². The van der Waals surface area contributed by atoms with Gasteiger partial charge in [0.2, 0.25) is 5.91 Å². The van der Waals surface area contributed by atoms with Crippen LogP contribution in [0.5, 0.6) is 0 Å². The second kappa shape index (κ2) is 6.33. The minimum absolute atomic E-state index is 0.00753. The molecule has 20 heavy (non-hydrogen) atoms. The Morgan fingerprint density at radius 3 is 2.45 bits per heavy atom. The van der Waals surface area contributed by atoms with E-state index in [1.54, 1.807) is 11.9 Å². The maximum absolute atomic E-state index is 12.0. The lowest BCUT2D eigenvalue weighted by atomic mass is 10.0. The normalized spacial score (nSPS) is 10.5. The Morgan fingerprint density at radius 1 is 1.00 bits per heavy atom. The second-order valence-corrected chi connectivity index (χ2v) is 5.09. The average Bonchev–Trinajstić information content (AvgIpc) is 2.45. The first-order valence-electron chi connectivity index (χ1n) is 6.78. The third-order valence-electron chi connectivity index (χ3n) is 3.40. The van der Waals surface area contributed by atoms with Crippen molar-refractivity contribution < 1.29 is 9.59 Å². The van der Waals surface area contributed by atoms with Crippen LogP contribution in [0.2, 0.25) is 0 Å². The molecule has 0 atom stereocenters. The van der Waals surface area contributed by atoms with Crippen molar-refractivity contribution in [3.63, 3.8) is 0 Å². The summed E-state index contributed by atoms with van der Waals surface area (Å²) in [6.45, 7) is 2.08. The van der Waals surface area contributed by atoms with E-state index in [-0.39, 0.29) is 18.1 Å². The minimum Gasteiger partial charge on any atom is -0.341 e. The molecule has 104 valence electrons. The van der Waals surface area contributed by atoms with Crippen molar-refractivity contribution in [2.45, 2.75) is 26.3 Å². The van der Waals surface area contributed by atoms with Crippen molar-refractivity contribution in [1.29, 1.82) is 0 Å². The SMILES string of the molecule is CC(=O)CCC(=O)N(C)Cc1cccc2ccccc12. The zero-order valence-corrected chi connectivity index (χ0v) is 11.9. The minimum atomic E-state index is 0.00753. The fourth-order valence-electron chi connectivity index (χ4n) is 2.25. The molecule has 0 unspecified atom stereocenters. The maximum atomic E-state index is 12.0. The number of nitrogens with zero attached hydrogens (tertiary/aromatic N) is 1. The standard InChI is InChI=1S/C17H19NO2/c1-13(19)10-11-17(20)18(2)12-15-8-5-7-14-6-3-4-9-16(14)15/h3-9H,10-12H2,1-2H3. The van der Waals surface area contributed by atoms with Crippen LogP contribution in [-0.2, 0) is 16.1 Å². The van der Waals surface area contributed by atoms with Crippen LogP contribution in [0.4, 0.5) is 0 Å². The lowest BCUT2D eigenvalue weighted by molar-refractivity contribution is -0.132. The summed E-state index contributed by atoms with van der Waals surface area (Å²) in [5.41, 5.74) is 1.13. The number of rotatable bonds is 5. The van der Waals surface area contributed by atoms with Gasteiger partial charge in [-0.3, -0.25) is 4.79 Å². The molecule has 0 heterocycles. The van der Waals surface area contributed by atoms with Gasteiger partial charge in [0.1, 0.15) is 5.78 Å². The van der Waals surface area contributed by atoms with Gasteiger partial charge in [-0.05, 0) is 23.3 Å². The third kappa shape index (κ3) is 3.44. The molecule has 2 rings (SSSR count). The Kier molecular flexibility index (Phi) is 4.51. The Bertz CT molecular complexity index is 628. The molecule has 1 amide bonds. The van der Waals surface area contributed by atoms with Crippen LogP contribution in [0.3, 0.4) is 0 Å². The van der Waals surface area contributed by atoms with Gasteiger partial charge < -0.3 is 9.69 Å². The molecule has 3 heteroatoms. The molecule has 0 N–H and O–H groups in total. The molecule has 0 aliphatic heterocycles. The van der Waals surface area contributed by atoms with E-state index in [1.165, 1.54) is 17.7 Å². The summed E-state index contributed by atoms with van der Waals surface area (Å²) in [4.78, 5) is 24.6. The highest BCUT2D eigenvalue weighted by Crippen LogP contribution is 2.19. The van der Waals surface area contributed by atoms with Crippen molar-refractivity contribution in [3.05, 3.63) is 48.0 Å². The van der Waals surface area contributed by atoms with Gasteiger partial charge in [-0.2, -0.15) is 0 Å². The van der Waals surface area contributed by atoms with Gasteiger partial charge in [-0.15, -0.1) is 0 Å². The molecular formula is C17H19NO2. The number of Topliss-reactive ketones (excluding diaryl/α,β-unsaturated/α-hetero) is 1. The predicted molar refractivity (Wildman–Crippen MR) is 80.3 cm³/mol. The van der Waals surface area contributed by atoms with Gasteiger partial charge in [0, 0.05) is 26.4 Å². The molecule has 0 aliphatic rings. The van der Waals surface area contributed by atoms with Crippen molar-refractivity contribution in [2.24, 2.45) is 0 Å². The second-order valence-electron chi connectivity index (χ2n) is 5.09. The van der Waals surface area contributed by atoms with Crippen LogP contribution in [-0.4, -0.2) is 23.6 Å². The first-order valence-corrected chi connectivity index (χ1v) is 6.78. The zero-order chi connectivity index (χ0) is 14.5. The lowest BCUT2D eigenvalue weighted by Crippen LogP contribution is -2.26. The molecule has 0 spiro atoms. The summed E-state index contributed by atoms with van der Waals surface area (Å²) < 4.78 is 0. The number of carbonyl (C=O) groups excluding carboxylic acids is 2. The molecule has 0 saturated heterocycles. The fraction of sp³-hybridized carbons (Fsp3) is 0.294. The molecular weight excluding hydrogens is 250 g/mol. The average molecular weight is 269 g/mol. The molecule has 0 aromatic heterocycles. The molecule has 0 aliphatic carbocycles. The molecule has 2 aromatic rings. The van der Waals surface area contributed by atoms with E-state index < -0.39 is 0 Å². The summed E-state index contributed by atoms with van der Waals surface area (Å²) in [6.07, 6.45) is 0.606. The summed E-state index contributed by atoms with van der Waals surface area (Å²) in [6, 6.07) is 14.3. The zero-order valence-electron chi connectivity index (χ0n) is 11.9. The highest BCUT2D eigenvalue weighted by atomic mass is 16.2. The van der Waals surface area contributed by atoms with Crippen LogP contribution >= 0.6 is 0 Å². The lowest BCUT2D eigenvalue weighted by Gasteiger charge is -2.18. The molecule has 0 fully saturated rings. The summed E-state index contributed by atoms with van der Waals surface area (Å²) >= 11 is 0. The van der Waals surface area contributed by atoms with E-state index in [9.17, 15) is 9.59 Å². The largest absolute Gasteiger partial charge is 0.341 e. The van der Waals surface area contributed by atoms with E-state index in [2.05, 4.69) is 18.2 Å². The van der Waals surface area contributed by atoms with Gasteiger partial charge >= 0.3 is 0 Å². The van der Waals surface area contributed by atoms with E-state index in [1.807, 2.05) is 24.3 Å². The Morgan fingerprint density at radius 2 is 1.70 bits per heavy atom. The highest BCUT2D eigenvalue weighted by molar-refractivity contribution is 5.87. The fourth-order valence-corrected chi connectivity index (χ4v) is 2.25. The van der Waals surface area contributed by atoms with Gasteiger partial charge in [0.25, 0.3) is 0 Å². The number of amides is 1. The number of hydrogen-bond donors (Lipinski definition) is 0. The van der Waals surface area contributed by atoms with E-state index >= 15 is 0 Å². The van der Waals surface area contributed by atoms with Gasteiger partial charge in [0.15, 0.2) is 0 Å². The monoisotopic (exact) mass is 269 g/mol. The molecule has 0 radical (unpaired) electrons. The Labute approximate surface area is 119 Å². The third-order valence-corrected chi connectivity index (χ3v) is 3.40. The van der Waals surface area contributed by atoms with Gasteiger partial charge in [0.05, 0.1) is 0 Å². The number of benzene rings is 2. The van der Waals surface area contributed by atoms with E-state index in [0.717, 1.165) is 5.56 Å². The van der Waals surface area contributed by atoms with Crippen molar-refractivity contribution in [1.82, 2.24) is 4.90 Å². The molecule has 0 bridgehead atoms. The van der Waals surface area contributed by atoms with Crippen LogP contribution in [0.1, 0.15) is 25.3 Å². The van der Waals surface area contributed by atoms with Crippen LogP contribution < -0.4 is 0 Å². The highest BCUT2D eigenvalue weighted by Gasteiger charge is 2.11. The molecule has 0 saturated carbocycles. The number of ketones is 1. The maximum Gasteiger partial charge on any atom is 0.223 e. The van der Waals surface area contributed by atoms with Crippen LogP contribution in [0.15, 0.2) is 42.5 Å². The van der Waals surface area contributed by atoms with Crippen molar-refractivity contribution in [2.75, 3.05) is 7.05 Å². The topological polar surface area (TPSA) is 37.4 Å². The van der Waals surface area contributed by atoms with Crippen molar-refractivity contribution in [3.8, 4) is 0 Å². The summed E-state index contributed by atoms with van der Waals surface area (Å²) in [5.74, 6) is 0.0602. The van der Waals surface area contributed by atoms with Gasteiger partial charge in [-0.25, -0.2) is 0 Å². The quantitative estimate of drug-likeness (QED) is 0.836. The number of fused-ring (bicyclic) bond motifs is 1. The number of hydrogen-bond acceptors (Lipinski definition) is 2. The smallest absolute Gasteiger partial charge is 0.223 e. The molecule has 3 nitrogen and oxygen atoms in total. The predicted octanol–water partition coefficient (Wildman–Crippen LogP) is 3.17. The Hall–Kier alpha value is -2.16. The summed E-state index contributed by atoms with van der Waals surface area (Å²) in [5, 5.41) is 2.34.